The van der Waals surface area contributed by atoms with E-state index in [1.54, 1.807) is 0 Å². The maximum absolute atomic E-state index is 12.7. The summed E-state index contributed by atoms with van der Waals surface area (Å²) in [5, 5.41) is 3.21. The minimum absolute atomic E-state index is 0.0468. The van der Waals surface area contributed by atoms with E-state index in [9.17, 15) is 4.79 Å². The summed E-state index contributed by atoms with van der Waals surface area (Å²) in [7, 11) is 0. The van der Waals surface area contributed by atoms with Crippen LogP contribution >= 0.6 is 15.9 Å². The lowest BCUT2D eigenvalue weighted by molar-refractivity contribution is 0.0227. The number of amides is 1. The molecule has 0 spiro atoms. The standard InChI is InChI=1S/C20H22BrNO2/c1-3-20(4-2)13-17(15-10-6-8-12-18(15)24-20)22-19(23)14-9-5-7-11-16(14)21/h5-12,17H,3-4,13H2,1-2H3,(H,22,23)/t17-/m1/s1. The molecule has 126 valence electrons. The first-order chi connectivity index (χ1) is 11.6. The average molecular weight is 388 g/mol. The highest BCUT2D eigenvalue weighted by molar-refractivity contribution is 9.10. The first-order valence-electron chi connectivity index (χ1n) is 8.42. The number of benzene rings is 2. The molecule has 1 amide bonds. The second-order valence-electron chi connectivity index (χ2n) is 6.24. The van der Waals surface area contributed by atoms with Crippen molar-refractivity contribution < 1.29 is 9.53 Å². The molecular weight excluding hydrogens is 366 g/mol. The maximum atomic E-state index is 12.7. The minimum Gasteiger partial charge on any atom is -0.487 e. The van der Waals surface area contributed by atoms with Gasteiger partial charge in [0, 0.05) is 16.5 Å². The van der Waals surface area contributed by atoms with Crippen LogP contribution in [0.2, 0.25) is 0 Å². The zero-order valence-corrected chi connectivity index (χ0v) is 15.6. The van der Waals surface area contributed by atoms with Crippen LogP contribution < -0.4 is 10.1 Å². The van der Waals surface area contributed by atoms with Crippen LogP contribution in [-0.2, 0) is 0 Å². The summed E-state index contributed by atoms with van der Waals surface area (Å²) in [6.07, 6.45) is 2.62. The molecule has 1 heterocycles. The molecule has 1 aliphatic rings. The molecule has 0 bridgehead atoms. The van der Waals surface area contributed by atoms with Crippen molar-refractivity contribution in [3.05, 3.63) is 64.1 Å². The number of ether oxygens (including phenoxy) is 1. The summed E-state index contributed by atoms with van der Waals surface area (Å²) < 4.78 is 7.10. The molecule has 2 aromatic carbocycles. The maximum Gasteiger partial charge on any atom is 0.252 e. The molecule has 0 saturated carbocycles. The molecule has 0 unspecified atom stereocenters. The van der Waals surface area contributed by atoms with E-state index < -0.39 is 0 Å². The Morgan fingerprint density at radius 1 is 1.17 bits per heavy atom. The molecule has 24 heavy (non-hydrogen) atoms. The van der Waals surface area contributed by atoms with Gasteiger partial charge in [0.1, 0.15) is 11.4 Å². The molecule has 3 rings (SSSR count). The second kappa shape index (κ2) is 6.98. The Morgan fingerprint density at radius 3 is 2.54 bits per heavy atom. The molecule has 0 saturated heterocycles. The fraction of sp³-hybridized carbons (Fsp3) is 0.350. The lowest BCUT2D eigenvalue weighted by Crippen LogP contribution is -2.44. The Balaban J connectivity index is 1.91. The van der Waals surface area contributed by atoms with Crippen molar-refractivity contribution in [1.29, 1.82) is 0 Å². The fourth-order valence-electron chi connectivity index (χ4n) is 3.31. The molecule has 1 atom stereocenters. The average Bonchev–Trinajstić information content (AvgIpc) is 2.61. The van der Waals surface area contributed by atoms with Gasteiger partial charge in [0.25, 0.3) is 5.91 Å². The predicted molar refractivity (Wildman–Crippen MR) is 99.3 cm³/mol. The monoisotopic (exact) mass is 387 g/mol. The Bertz CT molecular complexity index is 740. The van der Waals surface area contributed by atoms with Crippen LogP contribution in [0.25, 0.3) is 0 Å². The number of para-hydroxylation sites is 1. The number of fused-ring (bicyclic) bond motifs is 1. The Hall–Kier alpha value is -1.81. The van der Waals surface area contributed by atoms with Crippen molar-refractivity contribution in [2.75, 3.05) is 0 Å². The SMILES string of the molecule is CCC1(CC)C[C@@H](NC(=O)c2ccccc2Br)c2ccccc2O1. The van der Waals surface area contributed by atoms with Crippen molar-refractivity contribution in [1.82, 2.24) is 5.32 Å². The van der Waals surface area contributed by atoms with Gasteiger partial charge in [-0.3, -0.25) is 4.79 Å². The van der Waals surface area contributed by atoms with Crippen LogP contribution in [0.3, 0.4) is 0 Å². The fourth-order valence-corrected chi connectivity index (χ4v) is 3.78. The van der Waals surface area contributed by atoms with Crippen molar-refractivity contribution in [2.24, 2.45) is 0 Å². The minimum atomic E-state index is -0.222. The quantitative estimate of drug-likeness (QED) is 0.776. The van der Waals surface area contributed by atoms with E-state index in [-0.39, 0.29) is 17.6 Å². The van der Waals surface area contributed by atoms with E-state index in [1.807, 2.05) is 48.5 Å². The second-order valence-corrected chi connectivity index (χ2v) is 7.09. The van der Waals surface area contributed by atoms with Crippen molar-refractivity contribution in [3.8, 4) is 5.75 Å². The number of halogens is 1. The Morgan fingerprint density at radius 2 is 1.83 bits per heavy atom. The first-order valence-corrected chi connectivity index (χ1v) is 9.21. The number of nitrogens with one attached hydrogen (secondary N) is 1. The van der Waals surface area contributed by atoms with Gasteiger partial charge in [0.15, 0.2) is 0 Å². The molecule has 4 heteroatoms. The molecule has 1 N–H and O–H groups in total. The van der Waals surface area contributed by atoms with E-state index in [4.69, 9.17) is 4.74 Å². The highest BCUT2D eigenvalue weighted by Gasteiger charge is 2.39. The summed E-state index contributed by atoms with van der Waals surface area (Å²) in [5.41, 5.74) is 1.48. The number of carbonyl (C=O) groups excluding carboxylic acids is 1. The Kier molecular flexibility index (Phi) is 4.95. The summed E-state index contributed by atoms with van der Waals surface area (Å²) in [4.78, 5) is 12.7. The van der Waals surface area contributed by atoms with Gasteiger partial charge in [-0.15, -0.1) is 0 Å². The molecule has 1 aliphatic heterocycles. The van der Waals surface area contributed by atoms with E-state index in [1.165, 1.54) is 0 Å². The lowest BCUT2D eigenvalue weighted by Gasteiger charge is -2.41. The van der Waals surface area contributed by atoms with Crippen molar-refractivity contribution >= 4 is 21.8 Å². The van der Waals surface area contributed by atoms with Gasteiger partial charge < -0.3 is 10.1 Å². The predicted octanol–water partition coefficient (Wildman–Crippen LogP) is 5.26. The smallest absolute Gasteiger partial charge is 0.252 e. The molecule has 0 aromatic heterocycles. The van der Waals surface area contributed by atoms with Crippen molar-refractivity contribution in [3.63, 3.8) is 0 Å². The summed E-state index contributed by atoms with van der Waals surface area (Å²) >= 11 is 3.46. The number of rotatable bonds is 4. The van der Waals surface area contributed by atoms with Gasteiger partial charge in [-0.25, -0.2) is 0 Å². The zero-order valence-electron chi connectivity index (χ0n) is 14.0. The third-order valence-electron chi connectivity index (χ3n) is 4.91. The van der Waals surface area contributed by atoms with Gasteiger partial charge >= 0.3 is 0 Å². The normalized spacial score (nSPS) is 18.4. The highest BCUT2D eigenvalue weighted by Crippen LogP contribution is 2.42. The van der Waals surface area contributed by atoms with E-state index in [0.717, 1.165) is 35.0 Å². The lowest BCUT2D eigenvalue weighted by atomic mass is 9.83. The van der Waals surface area contributed by atoms with Crippen LogP contribution in [0.1, 0.15) is 55.1 Å². The number of hydrogen-bond donors (Lipinski definition) is 1. The van der Waals surface area contributed by atoms with Gasteiger partial charge in [-0.1, -0.05) is 44.2 Å². The molecule has 0 aliphatic carbocycles. The third-order valence-corrected chi connectivity index (χ3v) is 5.60. The van der Waals surface area contributed by atoms with Crippen LogP contribution in [0.15, 0.2) is 53.0 Å². The van der Waals surface area contributed by atoms with Gasteiger partial charge in [0.2, 0.25) is 0 Å². The molecule has 2 aromatic rings. The number of carbonyl (C=O) groups is 1. The van der Waals surface area contributed by atoms with E-state index in [0.29, 0.717) is 5.56 Å². The summed E-state index contributed by atoms with van der Waals surface area (Å²) in [6, 6.07) is 15.4. The summed E-state index contributed by atoms with van der Waals surface area (Å²) in [6.45, 7) is 4.29. The topological polar surface area (TPSA) is 38.3 Å². The zero-order chi connectivity index (χ0) is 17.2. The van der Waals surface area contributed by atoms with Crippen LogP contribution in [0, 0.1) is 0 Å². The first kappa shape index (κ1) is 17.0. The molecular formula is C20H22BrNO2. The van der Waals surface area contributed by atoms with Crippen LogP contribution in [0.4, 0.5) is 0 Å². The van der Waals surface area contributed by atoms with Crippen molar-refractivity contribution in [2.45, 2.75) is 44.8 Å². The van der Waals surface area contributed by atoms with Gasteiger partial charge in [0.05, 0.1) is 11.6 Å². The van der Waals surface area contributed by atoms with E-state index >= 15 is 0 Å². The Labute approximate surface area is 151 Å². The molecule has 0 radical (unpaired) electrons. The number of hydrogen-bond acceptors (Lipinski definition) is 2. The van der Waals surface area contributed by atoms with Gasteiger partial charge in [-0.2, -0.15) is 0 Å². The van der Waals surface area contributed by atoms with Crippen LogP contribution in [0.5, 0.6) is 5.75 Å². The van der Waals surface area contributed by atoms with E-state index in [2.05, 4.69) is 35.1 Å². The van der Waals surface area contributed by atoms with Crippen LogP contribution in [-0.4, -0.2) is 11.5 Å². The molecule has 0 fully saturated rings. The largest absolute Gasteiger partial charge is 0.487 e. The highest BCUT2D eigenvalue weighted by atomic mass is 79.9. The summed E-state index contributed by atoms with van der Waals surface area (Å²) in [5.74, 6) is 0.815. The molecule has 3 nitrogen and oxygen atoms in total. The third kappa shape index (κ3) is 3.20. The van der Waals surface area contributed by atoms with Gasteiger partial charge in [-0.05, 0) is 47.0 Å².